The molecular formula is C20H21N5O2. The van der Waals surface area contributed by atoms with Crippen LogP contribution in [0.1, 0.15) is 47.5 Å². The van der Waals surface area contributed by atoms with E-state index in [0.29, 0.717) is 23.2 Å². The number of rotatable bonds is 6. The zero-order valence-corrected chi connectivity index (χ0v) is 15.1. The van der Waals surface area contributed by atoms with E-state index in [1.165, 1.54) is 31.2 Å². The molecule has 2 fully saturated rings. The Balaban J connectivity index is 1.42. The van der Waals surface area contributed by atoms with Crippen LogP contribution >= 0.6 is 0 Å². The lowest BCUT2D eigenvalue weighted by molar-refractivity contribution is 0.102. The number of carbonyl (C=O) groups excluding carboxylic acids is 1. The number of methoxy groups -OCH3 is 1. The lowest BCUT2D eigenvalue weighted by Gasteiger charge is -2.10. The number of carbonyl (C=O) groups is 1. The summed E-state index contributed by atoms with van der Waals surface area (Å²) in [5, 5.41) is 10.6. The van der Waals surface area contributed by atoms with Crippen LogP contribution in [0.4, 0.5) is 11.5 Å². The summed E-state index contributed by atoms with van der Waals surface area (Å²) in [6, 6.07) is 8.28. The van der Waals surface area contributed by atoms with Crippen molar-refractivity contribution >= 4 is 23.1 Å². The summed E-state index contributed by atoms with van der Waals surface area (Å²) in [7, 11) is 1.64. The van der Waals surface area contributed by atoms with Crippen molar-refractivity contribution in [2.75, 3.05) is 17.7 Å². The Hall–Kier alpha value is -3.09. The van der Waals surface area contributed by atoms with Crippen LogP contribution in [0.2, 0.25) is 0 Å². The van der Waals surface area contributed by atoms with Crippen molar-refractivity contribution in [3.63, 3.8) is 0 Å². The Morgan fingerprint density at radius 2 is 2.07 bits per heavy atom. The maximum atomic E-state index is 12.9. The number of nitrogens with zero attached hydrogens (tertiary/aromatic N) is 3. The van der Waals surface area contributed by atoms with E-state index in [0.717, 1.165) is 17.3 Å². The van der Waals surface area contributed by atoms with Crippen molar-refractivity contribution in [1.29, 1.82) is 0 Å². The second kappa shape index (κ2) is 6.26. The van der Waals surface area contributed by atoms with Gasteiger partial charge in [0.15, 0.2) is 5.65 Å². The van der Waals surface area contributed by atoms with Crippen molar-refractivity contribution in [3.05, 3.63) is 47.8 Å². The van der Waals surface area contributed by atoms with E-state index in [-0.39, 0.29) is 5.91 Å². The van der Waals surface area contributed by atoms with E-state index < -0.39 is 0 Å². The van der Waals surface area contributed by atoms with Crippen LogP contribution in [-0.4, -0.2) is 33.7 Å². The maximum absolute atomic E-state index is 12.9. The normalized spacial score (nSPS) is 16.3. The molecule has 0 spiro atoms. The first-order chi connectivity index (χ1) is 13.2. The number of benzene rings is 1. The Bertz CT molecular complexity index is 1020. The molecule has 0 radical (unpaired) electrons. The fourth-order valence-corrected chi connectivity index (χ4v) is 3.21. The summed E-state index contributed by atoms with van der Waals surface area (Å²) in [6.07, 6.45) is 8.09. The molecule has 0 aliphatic heterocycles. The van der Waals surface area contributed by atoms with Crippen LogP contribution in [0.15, 0.2) is 36.7 Å². The van der Waals surface area contributed by atoms with Crippen molar-refractivity contribution in [2.45, 2.75) is 37.6 Å². The molecule has 0 bridgehead atoms. The van der Waals surface area contributed by atoms with Crippen LogP contribution in [0.3, 0.4) is 0 Å². The van der Waals surface area contributed by atoms with Gasteiger partial charge in [0, 0.05) is 24.0 Å². The SMILES string of the molecule is COc1cc(NC(=O)c2cnn3ccc(NC4CC4)nc23)cc(C2CC2)c1. The molecule has 3 aromatic rings. The van der Waals surface area contributed by atoms with Crippen LogP contribution in [0, 0.1) is 0 Å². The Morgan fingerprint density at radius 1 is 1.22 bits per heavy atom. The molecule has 138 valence electrons. The van der Waals surface area contributed by atoms with Gasteiger partial charge in [-0.15, -0.1) is 0 Å². The smallest absolute Gasteiger partial charge is 0.261 e. The number of anilines is 2. The zero-order chi connectivity index (χ0) is 18.4. The fourth-order valence-electron chi connectivity index (χ4n) is 3.21. The van der Waals surface area contributed by atoms with Gasteiger partial charge >= 0.3 is 0 Å². The third-order valence-electron chi connectivity index (χ3n) is 5.01. The standard InChI is InChI=1S/C20H21N5O2/c1-27-16-9-13(12-2-3-12)8-15(10-16)23-20(26)17-11-21-25-7-6-18(24-19(17)25)22-14-4-5-14/h6-12,14H,2-5H2,1H3,(H,22,24)(H,23,26). The third kappa shape index (κ3) is 3.32. The molecule has 1 aromatic carbocycles. The predicted molar refractivity (Wildman–Crippen MR) is 103 cm³/mol. The molecule has 2 aliphatic carbocycles. The molecular weight excluding hydrogens is 342 g/mol. The Labute approximate surface area is 156 Å². The van der Waals surface area contributed by atoms with Crippen molar-refractivity contribution in [2.24, 2.45) is 0 Å². The first-order valence-electron chi connectivity index (χ1n) is 9.31. The Kier molecular flexibility index (Phi) is 3.74. The molecule has 2 N–H and O–H groups in total. The van der Waals surface area contributed by atoms with Gasteiger partial charge in [-0.1, -0.05) is 0 Å². The molecule has 2 heterocycles. The van der Waals surface area contributed by atoms with Gasteiger partial charge in [-0.3, -0.25) is 4.79 Å². The Morgan fingerprint density at radius 3 is 2.81 bits per heavy atom. The van der Waals surface area contributed by atoms with E-state index in [4.69, 9.17) is 4.74 Å². The molecule has 0 saturated heterocycles. The van der Waals surface area contributed by atoms with Crippen molar-refractivity contribution in [3.8, 4) is 5.75 Å². The minimum atomic E-state index is -0.226. The van der Waals surface area contributed by atoms with Gasteiger partial charge in [0.25, 0.3) is 5.91 Å². The van der Waals surface area contributed by atoms with Crippen molar-refractivity contribution in [1.82, 2.24) is 14.6 Å². The number of ether oxygens (including phenoxy) is 1. The molecule has 2 aromatic heterocycles. The monoisotopic (exact) mass is 363 g/mol. The quantitative estimate of drug-likeness (QED) is 0.701. The van der Waals surface area contributed by atoms with E-state index >= 15 is 0 Å². The van der Waals surface area contributed by atoms with Gasteiger partial charge in [-0.25, -0.2) is 9.50 Å². The predicted octanol–water partition coefficient (Wildman–Crippen LogP) is 3.44. The number of fused-ring (bicyclic) bond motifs is 1. The highest BCUT2D eigenvalue weighted by Crippen LogP contribution is 2.42. The highest BCUT2D eigenvalue weighted by Gasteiger charge is 2.25. The van der Waals surface area contributed by atoms with Crippen LogP contribution in [-0.2, 0) is 0 Å². The fraction of sp³-hybridized carbons (Fsp3) is 0.350. The van der Waals surface area contributed by atoms with Gasteiger partial charge in [0.2, 0.25) is 0 Å². The largest absolute Gasteiger partial charge is 0.497 e. The lowest BCUT2D eigenvalue weighted by atomic mass is 10.1. The highest BCUT2D eigenvalue weighted by molar-refractivity contribution is 6.08. The van der Waals surface area contributed by atoms with E-state index in [9.17, 15) is 4.79 Å². The average Bonchev–Trinajstić information content (AvgIpc) is 3.59. The topological polar surface area (TPSA) is 80.5 Å². The summed E-state index contributed by atoms with van der Waals surface area (Å²) < 4.78 is 7.01. The van der Waals surface area contributed by atoms with E-state index in [2.05, 4.69) is 20.7 Å². The summed E-state index contributed by atoms with van der Waals surface area (Å²) >= 11 is 0. The summed E-state index contributed by atoms with van der Waals surface area (Å²) in [5.74, 6) is 1.88. The molecule has 0 atom stereocenters. The minimum absolute atomic E-state index is 0.226. The second-order valence-electron chi connectivity index (χ2n) is 7.28. The number of hydrogen-bond donors (Lipinski definition) is 2. The van der Waals surface area contributed by atoms with Gasteiger partial charge < -0.3 is 15.4 Å². The van der Waals surface area contributed by atoms with Gasteiger partial charge in [-0.05, 0) is 55.4 Å². The van der Waals surface area contributed by atoms with Crippen LogP contribution in [0.5, 0.6) is 5.75 Å². The lowest BCUT2D eigenvalue weighted by Crippen LogP contribution is -2.13. The number of hydrogen-bond acceptors (Lipinski definition) is 5. The maximum Gasteiger partial charge on any atom is 0.261 e. The molecule has 0 unspecified atom stereocenters. The summed E-state index contributed by atoms with van der Waals surface area (Å²) in [4.78, 5) is 17.4. The molecule has 7 heteroatoms. The molecule has 2 aliphatic rings. The second-order valence-corrected chi connectivity index (χ2v) is 7.28. The first-order valence-corrected chi connectivity index (χ1v) is 9.31. The summed E-state index contributed by atoms with van der Waals surface area (Å²) in [6.45, 7) is 0. The molecule has 2 saturated carbocycles. The number of aromatic nitrogens is 3. The molecule has 7 nitrogen and oxygen atoms in total. The minimum Gasteiger partial charge on any atom is -0.497 e. The summed E-state index contributed by atoms with van der Waals surface area (Å²) in [5.41, 5.74) is 2.93. The van der Waals surface area contributed by atoms with Crippen molar-refractivity contribution < 1.29 is 9.53 Å². The van der Waals surface area contributed by atoms with E-state index in [1.54, 1.807) is 17.8 Å². The van der Waals surface area contributed by atoms with Gasteiger partial charge in [0.05, 0.1) is 13.3 Å². The molecule has 5 rings (SSSR count). The van der Waals surface area contributed by atoms with Crippen LogP contribution < -0.4 is 15.4 Å². The van der Waals surface area contributed by atoms with Gasteiger partial charge in [0.1, 0.15) is 17.1 Å². The average molecular weight is 363 g/mol. The first kappa shape index (κ1) is 16.1. The molecule has 27 heavy (non-hydrogen) atoms. The third-order valence-corrected chi connectivity index (χ3v) is 5.01. The van der Waals surface area contributed by atoms with Gasteiger partial charge in [-0.2, -0.15) is 5.10 Å². The highest BCUT2D eigenvalue weighted by atomic mass is 16.5. The van der Waals surface area contributed by atoms with E-state index in [1.807, 2.05) is 30.5 Å². The zero-order valence-electron chi connectivity index (χ0n) is 15.1. The number of nitrogens with one attached hydrogen (secondary N) is 2. The van der Waals surface area contributed by atoms with Crippen LogP contribution in [0.25, 0.3) is 5.65 Å². The number of amides is 1. The molecule has 1 amide bonds.